The standard InChI is InChI=1S/C17H29N3O/c1-20-17-10-5-9-16(15(17)13-19-20)18-11-6-12-21-14-7-3-2-4-8-14/h13-14,16,18H,2-12H2,1H3. The number of rotatable bonds is 6. The van der Waals surface area contributed by atoms with Gasteiger partial charge in [0.25, 0.3) is 0 Å². The van der Waals surface area contributed by atoms with Crippen molar-refractivity contribution in [2.45, 2.75) is 69.9 Å². The summed E-state index contributed by atoms with van der Waals surface area (Å²) in [6, 6.07) is 0.497. The van der Waals surface area contributed by atoms with Gasteiger partial charge >= 0.3 is 0 Å². The monoisotopic (exact) mass is 291 g/mol. The zero-order valence-electron chi connectivity index (χ0n) is 13.3. The van der Waals surface area contributed by atoms with Gasteiger partial charge in [-0.3, -0.25) is 4.68 Å². The Labute approximate surface area is 128 Å². The molecule has 4 nitrogen and oxygen atoms in total. The molecular formula is C17H29N3O. The number of aryl methyl sites for hydroxylation is 1. The third-order valence-corrected chi connectivity index (χ3v) is 4.99. The van der Waals surface area contributed by atoms with Gasteiger partial charge in [-0.25, -0.2) is 0 Å². The van der Waals surface area contributed by atoms with Gasteiger partial charge in [0.15, 0.2) is 0 Å². The molecule has 118 valence electrons. The Hall–Kier alpha value is -0.870. The first-order valence-corrected chi connectivity index (χ1v) is 8.70. The van der Waals surface area contributed by atoms with E-state index in [1.54, 1.807) is 0 Å². The fraction of sp³-hybridized carbons (Fsp3) is 0.824. The second-order valence-electron chi connectivity index (χ2n) is 6.55. The minimum absolute atomic E-state index is 0.497. The normalized spacial score (nSPS) is 23.2. The van der Waals surface area contributed by atoms with E-state index in [1.165, 1.54) is 62.6 Å². The first-order valence-electron chi connectivity index (χ1n) is 8.70. The van der Waals surface area contributed by atoms with Crippen LogP contribution in [-0.2, 0) is 18.2 Å². The lowest BCUT2D eigenvalue weighted by atomic mass is 9.93. The molecule has 0 saturated heterocycles. The SMILES string of the molecule is Cn1ncc2c1CCCC2NCCCOC1CCCCC1. The average molecular weight is 291 g/mol. The second-order valence-corrected chi connectivity index (χ2v) is 6.55. The lowest BCUT2D eigenvalue weighted by Crippen LogP contribution is -2.27. The van der Waals surface area contributed by atoms with Gasteiger partial charge in [-0.15, -0.1) is 0 Å². The summed E-state index contributed by atoms with van der Waals surface area (Å²) in [7, 11) is 2.05. The minimum Gasteiger partial charge on any atom is -0.378 e. The Morgan fingerprint density at radius 2 is 2.10 bits per heavy atom. The number of fused-ring (bicyclic) bond motifs is 1. The largest absolute Gasteiger partial charge is 0.378 e. The van der Waals surface area contributed by atoms with E-state index in [0.29, 0.717) is 12.1 Å². The van der Waals surface area contributed by atoms with E-state index >= 15 is 0 Å². The molecule has 21 heavy (non-hydrogen) atoms. The van der Waals surface area contributed by atoms with E-state index in [2.05, 4.69) is 17.5 Å². The van der Waals surface area contributed by atoms with Crippen LogP contribution in [0.1, 0.15) is 68.7 Å². The number of hydrogen-bond donors (Lipinski definition) is 1. The highest BCUT2D eigenvalue weighted by Gasteiger charge is 2.22. The topological polar surface area (TPSA) is 39.1 Å². The van der Waals surface area contributed by atoms with Crippen LogP contribution in [0.4, 0.5) is 0 Å². The molecule has 4 heteroatoms. The van der Waals surface area contributed by atoms with Crippen LogP contribution in [0.15, 0.2) is 6.20 Å². The number of ether oxygens (including phenoxy) is 1. The van der Waals surface area contributed by atoms with Crippen molar-refractivity contribution in [3.8, 4) is 0 Å². The predicted molar refractivity (Wildman–Crippen MR) is 84.3 cm³/mol. The molecule has 1 unspecified atom stereocenters. The molecule has 2 aliphatic carbocycles. The summed E-state index contributed by atoms with van der Waals surface area (Å²) in [5.41, 5.74) is 2.83. The van der Waals surface area contributed by atoms with Crippen LogP contribution in [0.25, 0.3) is 0 Å². The van der Waals surface area contributed by atoms with Gasteiger partial charge in [0, 0.05) is 31.0 Å². The molecule has 1 heterocycles. The second kappa shape index (κ2) is 7.41. The zero-order valence-corrected chi connectivity index (χ0v) is 13.3. The highest BCUT2D eigenvalue weighted by Crippen LogP contribution is 2.29. The number of hydrogen-bond acceptors (Lipinski definition) is 3. The van der Waals surface area contributed by atoms with E-state index < -0.39 is 0 Å². The molecule has 1 fully saturated rings. The Balaban J connectivity index is 1.36. The Morgan fingerprint density at radius 1 is 1.24 bits per heavy atom. The van der Waals surface area contributed by atoms with Crippen molar-refractivity contribution >= 4 is 0 Å². The highest BCUT2D eigenvalue weighted by molar-refractivity contribution is 5.24. The van der Waals surface area contributed by atoms with Crippen LogP contribution >= 0.6 is 0 Å². The molecular weight excluding hydrogens is 262 g/mol. The number of aromatic nitrogens is 2. The lowest BCUT2D eigenvalue weighted by molar-refractivity contribution is 0.0270. The van der Waals surface area contributed by atoms with E-state index in [4.69, 9.17) is 4.74 Å². The Bertz CT molecular complexity index is 437. The van der Waals surface area contributed by atoms with E-state index in [-0.39, 0.29) is 0 Å². The van der Waals surface area contributed by atoms with Crippen LogP contribution in [0, 0.1) is 0 Å². The summed E-state index contributed by atoms with van der Waals surface area (Å²) in [5.74, 6) is 0. The third-order valence-electron chi connectivity index (χ3n) is 4.99. The molecule has 0 bridgehead atoms. The number of nitrogens with one attached hydrogen (secondary N) is 1. The van der Waals surface area contributed by atoms with Gasteiger partial charge in [0.05, 0.1) is 12.3 Å². The molecule has 3 rings (SSSR count). The summed E-state index contributed by atoms with van der Waals surface area (Å²) >= 11 is 0. The molecule has 1 aromatic rings. The smallest absolute Gasteiger partial charge is 0.0575 e. The van der Waals surface area contributed by atoms with Gasteiger partial charge in [0.1, 0.15) is 0 Å². The average Bonchev–Trinajstić information content (AvgIpc) is 2.90. The van der Waals surface area contributed by atoms with Gasteiger partial charge in [0.2, 0.25) is 0 Å². The van der Waals surface area contributed by atoms with Crippen LogP contribution in [-0.4, -0.2) is 29.0 Å². The summed E-state index contributed by atoms with van der Waals surface area (Å²) in [6.45, 7) is 1.95. The fourth-order valence-corrected chi connectivity index (χ4v) is 3.75. The van der Waals surface area contributed by atoms with Crippen LogP contribution in [0.5, 0.6) is 0 Å². The van der Waals surface area contributed by atoms with Gasteiger partial charge in [-0.05, 0) is 45.1 Å². The summed E-state index contributed by atoms with van der Waals surface area (Å²) < 4.78 is 8.03. The molecule has 1 N–H and O–H groups in total. The molecule has 0 aromatic carbocycles. The first-order chi connectivity index (χ1) is 10.3. The van der Waals surface area contributed by atoms with Crippen molar-refractivity contribution in [1.29, 1.82) is 0 Å². The maximum atomic E-state index is 5.99. The van der Waals surface area contributed by atoms with Crippen LogP contribution in [0.3, 0.4) is 0 Å². The van der Waals surface area contributed by atoms with Gasteiger partial charge < -0.3 is 10.1 Å². The van der Waals surface area contributed by atoms with E-state index in [1.807, 2.05) is 10.9 Å². The van der Waals surface area contributed by atoms with Crippen LogP contribution in [0.2, 0.25) is 0 Å². The third kappa shape index (κ3) is 3.86. The van der Waals surface area contributed by atoms with E-state index in [9.17, 15) is 0 Å². The molecule has 1 aromatic heterocycles. The van der Waals surface area contributed by atoms with Crippen molar-refractivity contribution in [2.24, 2.45) is 7.05 Å². The predicted octanol–water partition coefficient (Wildman–Crippen LogP) is 3.13. The maximum Gasteiger partial charge on any atom is 0.0575 e. The molecule has 1 atom stereocenters. The molecule has 0 radical (unpaired) electrons. The molecule has 0 spiro atoms. The number of nitrogens with zero attached hydrogens (tertiary/aromatic N) is 2. The fourth-order valence-electron chi connectivity index (χ4n) is 3.75. The van der Waals surface area contributed by atoms with Crippen molar-refractivity contribution in [1.82, 2.24) is 15.1 Å². The van der Waals surface area contributed by atoms with Crippen LogP contribution < -0.4 is 5.32 Å². The zero-order chi connectivity index (χ0) is 14.5. The lowest BCUT2D eigenvalue weighted by Gasteiger charge is -2.25. The Morgan fingerprint density at radius 3 is 2.95 bits per heavy atom. The first kappa shape index (κ1) is 15.0. The highest BCUT2D eigenvalue weighted by atomic mass is 16.5. The quantitative estimate of drug-likeness (QED) is 0.819. The summed E-state index contributed by atoms with van der Waals surface area (Å²) in [5, 5.41) is 8.10. The Kier molecular flexibility index (Phi) is 5.31. The molecule has 0 aliphatic heterocycles. The molecule has 2 aliphatic rings. The van der Waals surface area contributed by atoms with Crippen molar-refractivity contribution in [2.75, 3.05) is 13.2 Å². The van der Waals surface area contributed by atoms with Crippen molar-refractivity contribution in [3.05, 3.63) is 17.5 Å². The summed E-state index contributed by atoms with van der Waals surface area (Å²) in [4.78, 5) is 0. The van der Waals surface area contributed by atoms with Gasteiger partial charge in [-0.2, -0.15) is 5.10 Å². The maximum absolute atomic E-state index is 5.99. The molecule has 1 saturated carbocycles. The van der Waals surface area contributed by atoms with Crippen molar-refractivity contribution < 1.29 is 4.74 Å². The minimum atomic E-state index is 0.497. The summed E-state index contributed by atoms with van der Waals surface area (Å²) in [6.07, 6.45) is 14.0. The van der Waals surface area contributed by atoms with Gasteiger partial charge in [-0.1, -0.05) is 19.3 Å². The van der Waals surface area contributed by atoms with E-state index in [0.717, 1.165) is 19.6 Å². The van der Waals surface area contributed by atoms with Crippen molar-refractivity contribution in [3.63, 3.8) is 0 Å². The molecule has 0 amide bonds.